The molecule has 2 nitrogen and oxygen atoms in total. The summed E-state index contributed by atoms with van der Waals surface area (Å²) in [6, 6.07) is 22.0. The summed E-state index contributed by atoms with van der Waals surface area (Å²) < 4.78 is 40.9. The van der Waals surface area contributed by atoms with Crippen molar-refractivity contribution in [2.45, 2.75) is 6.18 Å². The van der Waals surface area contributed by atoms with E-state index >= 15 is 0 Å². The Hall–Kier alpha value is -2.60. The number of nitrogens with zero attached hydrogens (tertiary/aromatic N) is 2. The average Bonchev–Trinajstić information content (AvgIpc) is 3.25. The van der Waals surface area contributed by atoms with Gasteiger partial charge in [-0.2, -0.15) is 30.4 Å². The monoisotopic (exact) mass is 598 g/mol. The van der Waals surface area contributed by atoms with Crippen LogP contribution in [-0.2, 0) is 26.3 Å². The summed E-state index contributed by atoms with van der Waals surface area (Å²) in [5.74, 6) is 0. The molecule has 0 amide bonds. The van der Waals surface area contributed by atoms with E-state index in [1.807, 2.05) is 41.8 Å². The summed E-state index contributed by atoms with van der Waals surface area (Å²) in [6.07, 6.45) is -4.48. The van der Waals surface area contributed by atoms with Gasteiger partial charge in [0.1, 0.15) is 0 Å². The first-order valence-corrected chi connectivity index (χ1v) is 9.72. The maximum Gasteiger partial charge on any atom is 0.417 e. The van der Waals surface area contributed by atoms with Gasteiger partial charge in [0.05, 0.1) is 11.3 Å². The van der Waals surface area contributed by atoms with E-state index in [9.17, 15) is 13.2 Å². The van der Waals surface area contributed by atoms with Crippen LogP contribution in [0.1, 0.15) is 5.56 Å². The second-order valence-electron chi connectivity index (χ2n) is 6.58. The summed E-state index contributed by atoms with van der Waals surface area (Å²) in [5.41, 5.74) is 0.140. The van der Waals surface area contributed by atoms with Crippen LogP contribution in [0.15, 0.2) is 72.1 Å². The number of alkyl halides is 3. The van der Waals surface area contributed by atoms with E-state index in [0.29, 0.717) is 11.1 Å². The Bertz CT molecular complexity index is 1350. The van der Waals surface area contributed by atoms with Crippen molar-refractivity contribution in [1.82, 2.24) is 10.2 Å². The van der Waals surface area contributed by atoms with Crippen LogP contribution in [-0.4, -0.2) is 10.2 Å². The molecule has 7 heteroatoms. The first-order chi connectivity index (χ1) is 14.0. The number of fused-ring (bicyclic) bond motifs is 2. The molecule has 5 aromatic rings. The molecule has 2 heterocycles. The zero-order valence-corrected chi connectivity index (χ0v) is 18.4. The molecule has 151 valence electrons. The Morgan fingerprint density at radius 2 is 1.40 bits per heavy atom. The van der Waals surface area contributed by atoms with Crippen LogP contribution in [0.25, 0.3) is 43.4 Å². The van der Waals surface area contributed by atoms with Gasteiger partial charge in [-0.25, -0.2) is 16.4 Å². The molecule has 0 saturated carbocycles. The third kappa shape index (κ3) is 3.54. The Morgan fingerprint density at radius 3 is 2.03 bits per heavy atom. The fraction of sp³-hybridized carbons (Fsp3) is 0.0435. The van der Waals surface area contributed by atoms with Crippen LogP contribution in [0.5, 0.6) is 0 Å². The van der Waals surface area contributed by atoms with Crippen LogP contribution in [0.2, 0.25) is 0 Å². The third-order valence-corrected chi connectivity index (χ3v) is 5.64. The van der Waals surface area contributed by atoms with Crippen molar-refractivity contribution in [3.05, 3.63) is 83.7 Å². The second kappa shape index (κ2) is 7.91. The largest absolute Gasteiger partial charge is 0.417 e. The van der Waals surface area contributed by atoms with Crippen LogP contribution in [0.4, 0.5) is 13.2 Å². The minimum absolute atomic E-state index is 0. The van der Waals surface area contributed by atoms with Gasteiger partial charge in [0, 0.05) is 36.7 Å². The van der Waals surface area contributed by atoms with Crippen molar-refractivity contribution in [2.24, 2.45) is 0 Å². The smallest absolute Gasteiger partial charge is 0.237 e. The summed E-state index contributed by atoms with van der Waals surface area (Å²) in [7, 11) is 0. The molecular formula is C23H12F3IrN2S-. The Morgan fingerprint density at radius 1 is 0.800 bits per heavy atom. The molecule has 0 spiro atoms. The van der Waals surface area contributed by atoms with Gasteiger partial charge < -0.3 is 0 Å². The Kier molecular flexibility index (Phi) is 5.45. The van der Waals surface area contributed by atoms with Crippen LogP contribution in [0, 0.1) is 6.07 Å². The maximum absolute atomic E-state index is 13.6. The van der Waals surface area contributed by atoms with Crippen molar-refractivity contribution >= 4 is 32.9 Å². The minimum Gasteiger partial charge on any atom is -0.237 e. The van der Waals surface area contributed by atoms with Gasteiger partial charge in [-0.3, -0.25) is 0 Å². The summed E-state index contributed by atoms with van der Waals surface area (Å²) >= 11 is 1.47. The van der Waals surface area contributed by atoms with E-state index < -0.39 is 11.7 Å². The molecule has 0 N–H and O–H groups in total. The molecule has 0 saturated heterocycles. The minimum atomic E-state index is -4.48. The number of halogens is 3. The molecule has 3 aromatic carbocycles. The molecule has 0 aliphatic rings. The van der Waals surface area contributed by atoms with Crippen molar-refractivity contribution < 1.29 is 33.3 Å². The predicted octanol–water partition coefficient (Wildman–Crippen LogP) is 6.99. The first-order valence-electron chi connectivity index (χ1n) is 8.84. The van der Waals surface area contributed by atoms with Crippen molar-refractivity contribution in [1.29, 1.82) is 0 Å². The number of rotatable bonds is 2. The molecule has 0 bridgehead atoms. The van der Waals surface area contributed by atoms with Crippen molar-refractivity contribution in [3.63, 3.8) is 0 Å². The average molecular weight is 598 g/mol. The van der Waals surface area contributed by atoms with E-state index in [0.717, 1.165) is 27.1 Å². The molecule has 2 aromatic heterocycles. The standard InChI is InChI=1S/C23H12F3N2S.Ir/c24-23(25,26)19-9-4-3-8-16(19)21-17-12-14-6-1-2-7-15(14)13-18(17)22(28-27-21)20-10-5-11-29-20;/h1-9,11-13H;/q-1;. The van der Waals surface area contributed by atoms with Gasteiger partial charge in [0.25, 0.3) is 0 Å². The van der Waals surface area contributed by atoms with E-state index in [1.54, 1.807) is 12.1 Å². The molecule has 0 aliphatic heterocycles. The topological polar surface area (TPSA) is 25.8 Å². The van der Waals surface area contributed by atoms with E-state index in [-0.39, 0.29) is 31.4 Å². The van der Waals surface area contributed by atoms with Crippen LogP contribution >= 0.6 is 11.3 Å². The maximum atomic E-state index is 13.6. The van der Waals surface area contributed by atoms with Gasteiger partial charge in [0.2, 0.25) is 0 Å². The van der Waals surface area contributed by atoms with E-state index in [1.165, 1.54) is 23.5 Å². The number of aromatic nitrogens is 2. The van der Waals surface area contributed by atoms with E-state index in [2.05, 4.69) is 16.3 Å². The second-order valence-corrected chi connectivity index (χ2v) is 7.50. The number of benzene rings is 3. The Balaban J connectivity index is 0.00000218. The normalized spacial score (nSPS) is 11.6. The predicted molar refractivity (Wildman–Crippen MR) is 110 cm³/mol. The fourth-order valence-electron chi connectivity index (χ4n) is 3.51. The fourth-order valence-corrected chi connectivity index (χ4v) is 4.18. The number of thiophene rings is 1. The molecule has 0 aliphatic carbocycles. The Labute approximate surface area is 187 Å². The molecule has 0 unspecified atom stereocenters. The van der Waals surface area contributed by atoms with Crippen molar-refractivity contribution in [2.75, 3.05) is 0 Å². The summed E-state index contributed by atoms with van der Waals surface area (Å²) in [4.78, 5) is 0.799. The molecule has 0 atom stereocenters. The summed E-state index contributed by atoms with van der Waals surface area (Å²) in [6.45, 7) is 0. The SMILES string of the molecule is FC(F)(F)c1ccccc1-c1nnc(-c2[c-]ccs2)c2cc3ccccc3cc12.[Ir]. The molecule has 30 heavy (non-hydrogen) atoms. The third-order valence-electron chi connectivity index (χ3n) is 4.82. The van der Waals surface area contributed by atoms with Crippen LogP contribution in [0.3, 0.4) is 0 Å². The van der Waals surface area contributed by atoms with Crippen LogP contribution < -0.4 is 0 Å². The molecule has 1 radical (unpaired) electrons. The van der Waals surface area contributed by atoms with Gasteiger partial charge in [-0.05, 0) is 28.3 Å². The quantitative estimate of drug-likeness (QED) is 0.162. The zero-order valence-electron chi connectivity index (χ0n) is 15.2. The van der Waals surface area contributed by atoms with Gasteiger partial charge >= 0.3 is 6.18 Å². The molecule has 0 fully saturated rings. The molecular weight excluding hydrogens is 586 g/mol. The van der Waals surface area contributed by atoms with Crippen molar-refractivity contribution in [3.8, 4) is 21.8 Å². The zero-order chi connectivity index (χ0) is 20.0. The van der Waals surface area contributed by atoms with Gasteiger partial charge in [0.15, 0.2) is 0 Å². The first kappa shape index (κ1) is 20.7. The molecule has 5 rings (SSSR count). The van der Waals surface area contributed by atoms with Gasteiger partial charge in [-0.1, -0.05) is 53.4 Å². The van der Waals surface area contributed by atoms with E-state index in [4.69, 9.17) is 0 Å². The number of hydrogen-bond donors (Lipinski definition) is 0. The van der Waals surface area contributed by atoms with Gasteiger partial charge in [-0.15, -0.1) is 5.38 Å². The summed E-state index contributed by atoms with van der Waals surface area (Å²) in [5, 5.41) is 13.8. The number of hydrogen-bond acceptors (Lipinski definition) is 3.